The molecule has 0 saturated heterocycles. The molecule has 5 rings (SSSR count). The third-order valence-corrected chi connectivity index (χ3v) is 6.23. The zero-order valence-corrected chi connectivity index (χ0v) is 23.6. The van der Waals surface area contributed by atoms with Gasteiger partial charge >= 0.3 is 0 Å². The van der Waals surface area contributed by atoms with Crippen LogP contribution in [0.2, 0.25) is 0 Å². The van der Waals surface area contributed by atoms with Crippen LogP contribution < -0.4 is 0 Å². The van der Waals surface area contributed by atoms with Crippen molar-refractivity contribution in [3.63, 3.8) is 0 Å². The normalized spacial score (nSPS) is 22.5. The van der Waals surface area contributed by atoms with Gasteiger partial charge in [-0.3, -0.25) is 0 Å². The topological polar surface area (TPSA) is 40.5 Å². The summed E-state index contributed by atoms with van der Waals surface area (Å²) in [5.74, 6) is 5.19. The maximum absolute atomic E-state index is 9.38. The molecular formula is C31H56O2. The molecule has 0 radical (unpaired) electrons. The number of phenols is 2. The van der Waals surface area contributed by atoms with E-state index in [4.69, 9.17) is 0 Å². The van der Waals surface area contributed by atoms with Crippen LogP contribution in [0.5, 0.6) is 11.5 Å². The number of aromatic hydroxyl groups is 2. The van der Waals surface area contributed by atoms with Crippen molar-refractivity contribution in [1.29, 1.82) is 0 Å². The molecule has 0 amide bonds. The quantitative estimate of drug-likeness (QED) is 0.410. The molecule has 0 spiro atoms. The van der Waals surface area contributed by atoms with Gasteiger partial charge in [0, 0.05) is 10.8 Å². The van der Waals surface area contributed by atoms with Gasteiger partial charge in [-0.05, 0) is 67.9 Å². The predicted molar refractivity (Wildman–Crippen MR) is 150 cm³/mol. The molecule has 4 atom stereocenters. The molecule has 0 aromatic heterocycles. The summed E-state index contributed by atoms with van der Waals surface area (Å²) in [7, 11) is 0. The summed E-state index contributed by atoms with van der Waals surface area (Å²) < 4.78 is 0. The smallest absolute Gasteiger partial charge is 0.123 e. The Kier molecular flexibility index (Phi) is 21.2. The van der Waals surface area contributed by atoms with E-state index in [2.05, 4.69) is 13.8 Å². The van der Waals surface area contributed by atoms with Gasteiger partial charge < -0.3 is 10.2 Å². The Bertz CT molecular complexity index is 637. The van der Waals surface area contributed by atoms with Crippen molar-refractivity contribution in [2.45, 2.75) is 114 Å². The molecule has 3 saturated carbocycles. The SMILES string of the molecule is C1CC2C3CCC(C3)C2C1.CC.CC.CC.CC.CCC.Oc1cccc2c(O)cccc12. The van der Waals surface area contributed by atoms with E-state index in [0.717, 1.165) is 0 Å². The van der Waals surface area contributed by atoms with Crippen molar-refractivity contribution in [3.8, 4) is 11.5 Å². The summed E-state index contributed by atoms with van der Waals surface area (Å²) in [6, 6.07) is 10.1. The fourth-order valence-corrected chi connectivity index (χ4v) is 5.30. The molecular weight excluding hydrogens is 404 g/mol. The fraction of sp³-hybridized carbons (Fsp3) is 0.677. The minimum atomic E-state index is 0.198. The number of rotatable bonds is 0. The van der Waals surface area contributed by atoms with Gasteiger partial charge in [0.05, 0.1) is 0 Å². The molecule has 4 unspecified atom stereocenters. The van der Waals surface area contributed by atoms with Crippen molar-refractivity contribution >= 4 is 10.8 Å². The van der Waals surface area contributed by atoms with Crippen LogP contribution in [0.25, 0.3) is 10.8 Å². The zero-order chi connectivity index (χ0) is 25.8. The van der Waals surface area contributed by atoms with Gasteiger partial charge in [0.15, 0.2) is 0 Å². The Morgan fingerprint density at radius 1 is 0.606 bits per heavy atom. The van der Waals surface area contributed by atoms with Gasteiger partial charge in [-0.15, -0.1) is 0 Å². The maximum Gasteiger partial charge on any atom is 0.123 e. The number of phenolic OH excluding ortho intramolecular Hbond substituents is 2. The van der Waals surface area contributed by atoms with Gasteiger partial charge in [-0.2, -0.15) is 0 Å². The van der Waals surface area contributed by atoms with Crippen LogP contribution in [0.3, 0.4) is 0 Å². The van der Waals surface area contributed by atoms with Crippen molar-refractivity contribution in [1.82, 2.24) is 0 Å². The van der Waals surface area contributed by atoms with E-state index in [-0.39, 0.29) is 11.5 Å². The Morgan fingerprint density at radius 2 is 0.939 bits per heavy atom. The first kappa shape index (κ1) is 33.5. The standard InChI is InChI=1S/C10H8O2.C10H16.C3H8.4C2H6/c11-9-5-1-3-7-8(9)4-2-6-10(7)12;1-2-9-7-4-5-8(6-7)10(9)3-1;1-3-2;4*1-2/h1-6,11-12H;7-10H,1-6H2;3H2,1-2H3;4*1-2H3. The van der Waals surface area contributed by atoms with Gasteiger partial charge in [-0.25, -0.2) is 0 Å². The van der Waals surface area contributed by atoms with Crippen LogP contribution in [-0.4, -0.2) is 10.2 Å². The molecule has 2 aromatic carbocycles. The highest BCUT2D eigenvalue weighted by atomic mass is 16.3. The predicted octanol–water partition coefficient (Wildman–Crippen LogP) is 10.6. The van der Waals surface area contributed by atoms with Crippen molar-refractivity contribution in [2.75, 3.05) is 0 Å². The Balaban J connectivity index is 0. The van der Waals surface area contributed by atoms with E-state index in [1.165, 1.54) is 30.1 Å². The summed E-state index contributed by atoms with van der Waals surface area (Å²) in [5, 5.41) is 20.1. The van der Waals surface area contributed by atoms with E-state index < -0.39 is 0 Å². The van der Waals surface area contributed by atoms with Crippen molar-refractivity contribution in [2.24, 2.45) is 23.7 Å². The molecule has 0 aliphatic heterocycles. The highest BCUT2D eigenvalue weighted by Gasteiger charge is 2.48. The fourth-order valence-electron chi connectivity index (χ4n) is 5.30. The minimum Gasteiger partial charge on any atom is -0.507 e. The number of benzene rings is 2. The monoisotopic (exact) mass is 460 g/mol. The second kappa shape index (κ2) is 20.9. The van der Waals surface area contributed by atoms with Crippen LogP contribution in [0.15, 0.2) is 36.4 Å². The summed E-state index contributed by atoms with van der Waals surface area (Å²) in [5.41, 5.74) is 0. The molecule has 2 aromatic rings. The number of hydrogen-bond donors (Lipinski definition) is 2. The van der Waals surface area contributed by atoms with E-state index in [1.807, 2.05) is 55.4 Å². The highest BCUT2D eigenvalue weighted by molar-refractivity contribution is 5.92. The Hall–Kier alpha value is -1.70. The summed E-state index contributed by atoms with van der Waals surface area (Å²) in [6.45, 7) is 20.2. The molecule has 2 heteroatoms. The number of hydrogen-bond acceptors (Lipinski definition) is 2. The molecule has 2 nitrogen and oxygen atoms in total. The first-order valence-electron chi connectivity index (χ1n) is 14.0. The second-order valence-electron chi connectivity index (χ2n) is 7.95. The summed E-state index contributed by atoms with van der Waals surface area (Å²) in [4.78, 5) is 0. The van der Waals surface area contributed by atoms with Crippen molar-refractivity contribution in [3.05, 3.63) is 36.4 Å². The van der Waals surface area contributed by atoms with E-state index in [0.29, 0.717) is 10.8 Å². The van der Waals surface area contributed by atoms with Crippen LogP contribution >= 0.6 is 0 Å². The third kappa shape index (κ3) is 9.98. The maximum atomic E-state index is 9.38. The lowest BCUT2D eigenvalue weighted by molar-refractivity contribution is 0.259. The summed E-state index contributed by atoms with van der Waals surface area (Å²) >= 11 is 0. The molecule has 2 N–H and O–H groups in total. The second-order valence-corrected chi connectivity index (χ2v) is 7.95. The minimum absolute atomic E-state index is 0.198. The molecule has 3 fully saturated rings. The first-order chi connectivity index (χ1) is 16.2. The average molecular weight is 461 g/mol. The lowest BCUT2D eigenvalue weighted by Crippen LogP contribution is -2.15. The van der Waals surface area contributed by atoms with Crippen LogP contribution in [0.1, 0.15) is 114 Å². The zero-order valence-electron chi connectivity index (χ0n) is 23.6. The largest absolute Gasteiger partial charge is 0.507 e. The molecule has 3 aliphatic rings. The van der Waals surface area contributed by atoms with E-state index in [9.17, 15) is 10.2 Å². The van der Waals surface area contributed by atoms with Gasteiger partial charge in [0.1, 0.15) is 11.5 Å². The van der Waals surface area contributed by atoms with Crippen LogP contribution in [-0.2, 0) is 0 Å². The summed E-state index contributed by atoms with van der Waals surface area (Å²) in [6.07, 6.45) is 10.8. The molecule has 2 bridgehead atoms. The Labute approximate surface area is 206 Å². The Morgan fingerprint density at radius 3 is 1.27 bits per heavy atom. The molecule has 3 aliphatic carbocycles. The van der Waals surface area contributed by atoms with Gasteiger partial charge in [-0.1, -0.05) is 106 Å². The van der Waals surface area contributed by atoms with E-state index in [1.54, 1.807) is 74.9 Å². The molecule has 192 valence electrons. The highest BCUT2D eigenvalue weighted by Crippen LogP contribution is 2.58. The van der Waals surface area contributed by atoms with Gasteiger partial charge in [0.25, 0.3) is 0 Å². The average Bonchev–Trinajstić information content (AvgIpc) is 3.62. The van der Waals surface area contributed by atoms with Crippen LogP contribution in [0, 0.1) is 23.7 Å². The van der Waals surface area contributed by atoms with Gasteiger partial charge in [0.2, 0.25) is 0 Å². The molecule has 0 heterocycles. The van der Waals surface area contributed by atoms with Crippen molar-refractivity contribution < 1.29 is 10.2 Å². The lowest BCUT2D eigenvalue weighted by atomic mass is 9.82. The molecule has 33 heavy (non-hydrogen) atoms. The van der Waals surface area contributed by atoms with E-state index >= 15 is 0 Å². The third-order valence-electron chi connectivity index (χ3n) is 6.23. The lowest BCUT2D eigenvalue weighted by Gasteiger charge is -2.23. The van der Waals surface area contributed by atoms with Crippen LogP contribution in [0.4, 0.5) is 0 Å². The first-order valence-corrected chi connectivity index (χ1v) is 14.0. The number of fused-ring (bicyclic) bond motifs is 6.